The van der Waals surface area contributed by atoms with Gasteiger partial charge in [0, 0.05) is 19.2 Å². The van der Waals surface area contributed by atoms with Crippen molar-refractivity contribution in [1.29, 1.82) is 0 Å². The average Bonchev–Trinajstić information content (AvgIpc) is 2.43. The third kappa shape index (κ3) is 3.94. The molecule has 2 rings (SSSR count). The predicted octanol–water partition coefficient (Wildman–Crippen LogP) is 2.40. The Morgan fingerprint density at radius 2 is 2.14 bits per heavy atom. The third-order valence-electron chi connectivity index (χ3n) is 3.87. The van der Waals surface area contributed by atoms with Crippen molar-refractivity contribution in [2.75, 3.05) is 13.2 Å². The van der Waals surface area contributed by atoms with Crippen molar-refractivity contribution in [2.45, 2.75) is 31.6 Å². The van der Waals surface area contributed by atoms with Gasteiger partial charge in [0.1, 0.15) is 5.82 Å². The Balaban J connectivity index is 2.18. The Labute approximate surface area is 129 Å². The van der Waals surface area contributed by atoms with Crippen molar-refractivity contribution in [3.05, 3.63) is 34.6 Å². The summed E-state index contributed by atoms with van der Waals surface area (Å²) in [7, 11) is -3.52. The maximum atomic E-state index is 13.1. The Hall–Kier alpha value is -0.690. The Morgan fingerprint density at radius 1 is 1.43 bits per heavy atom. The van der Waals surface area contributed by atoms with Gasteiger partial charge in [-0.05, 0) is 43.4 Å². The molecule has 0 spiro atoms. The van der Waals surface area contributed by atoms with Crippen molar-refractivity contribution in [1.82, 2.24) is 4.31 Å². The summed E-state index contributed by atoms with van der Waals surface area (Å²) in [6.45, 7) is 2.18. The van der Waals surface area contributed by atoms with Gasteiger partial charge in [0.25, 0.3) is 0 Å². The summed E-state index contributed by atoms with van der Waals surface area (Å²) < 4.78 is 39.6. The number of sulfonamides is 1. The van der Waals surface area contributed by atoms with Crippen LogP contribution in [0.15, 0.2) is 18.2 Å². The van der Waals surface area contributed by atoms with Gasteiger partial charge in [-0.25, -0.2) is 12.8 Å². The van der Waals surface area contributed by atoms with Crippen LogP contribution >= 0.6 is 11.6 Å². The fourth-order valence-electron chi connectivity index (χ4n) is 2.61. The van der Waals surface area contributed by atoms with Gasteiger partial charge in [-0.15, -0.1) is 0 Å². The first kappa shape index (κ1) is 16.7. The van der Waals surface area contributed by atoms with E-state index in [2.05, 4.69) is 0 Å². The number of aliphatic hydroxyl groups is 1. The van der Waals surface area contributed by atoms with E-state index in [-0.39, 0.29) is 29.3 Å². The third-order valence-corrected chi connectivity index (χ3v) is 6.08. The Morgan fingerprint density at radius 3 is 2.76 bits per heavy atom. The van der Waals surface area contributed by atoms with Gasteiger partial charge >= 0.3 is 0 Å². The van der Waals surface area contributed by atoms with E-state index < -0.39 is 15.8 Å². The maximum Gasteiger partial charge on any atom is 0.218 e. The van der Waals surface area contributed by atoms with Gasteiger partial charge in [0.05, 0.1) is 10.8 Å². The van der Waals surface area contributed by atoms with E-state index in [1.807, 2.05) is 6.92 Å². The largest absolute Gasteiger partial charge is 0.396 e. The zero-order chi connectivity index (χ0) is 15.6. The first-order valence-corrected chi connectivity index (χ1v) is 8.86. The molecule has 4 nitrogen and oxygen atoms in total. The number of hydrogen-bond acceptors (Lipinski definition) is 3. The number of aliphatic hydroxyl groups excluding tert-OH is 1. The van der Waals surface area contributed by atoms with Gasteiger partial charge in [0.15, 0.2) is 0 Å². The Kier molecular flexibility index (Phi) is 5.24. The number of benzene rings is 1. The van der Waals surface area contributed by atoms with E-state index in [1.165, 1.54) is 22.5 Å². The predicted molar refractivity (Wildman–Crippen MR) is 80.0 cm³/mol. The van der Waals surface area contributed by atoms with E-state index in [0.717, 1.165) is 12.8 Å². The molecule has 0 saturated carbocycles. The van der Waals surface area contributed by atoms with Crippen LogP contribution in [0.1, 0.15) is 25.3 Å². The first-order valence-electron chi connectivity index (χ1n) is 6.88. The van der Waals surface area contributed by atoms with Crippen LogP contribution in [-0.4, -0.2) is 37.0 Å². The lowest BCUT2D eigenvalue weighted by Crippen LogP contribution is -2.46. The quantitative estimate of drug-likeness (QED) is 0.919. The lowest BCUT2D eigenvalue weighted by Gasteiger charge is -2.36. The molecule has 21 heavy (non-hydrogen) atoms. The number of piperidine rings is 1. The summed E-state index contributed by atoms with van der Waals surface area (Å²) in [5.41, 5.74) is 0.458. The van der Waals surface area contributed by atoms with Gasteiger partial charge in [-0.1, -0.05) is 17.7 Å². The normalized spacial score (nSPS) is 24.2. The SMILES string of the molecule is CC1CCC(CO)CN1S(=O)(=O)Cc1ccc(F)c(Cl)c1. The van der Waals surface area contributed by atoms with Gasteiger partial charge < -0.3 is 5.11 Å². The van der Waals surface area contributed by atoms with Crippen LogP contribution in [0.2, 0.25) is 5.02 Å². The molecule has 2 unspecified atom stereocenters. The number of hydrogen-bond donors (Lipinski definition) is 1. The van der Waals surface area contributed by atoms with Gasteiger partial charge in [-0.2, -0.15) is 4.31 Å². The first-order chi connectivity index (χ1) is 9.83. The molecule has 1 saturated heterocycles. The molecule has 0 aliphatic carbocycles. The Bertz CT molecular complexity index is 608. The van der Waals surface area contributed by atoms with E-state index in [1.54, 1.807) is 0 Å². The summed E-state index contributed by atoms with van der Waals surface area (Å²) in [4.78, 5) is 0. The van der Waals surface area contributed by atoms with E-state index in [4.69, 9.17) is 11.6 Å². The van der Waals surface area contributed by atoms with Crippen LogP contribution in [0.3, 0.4) is 0 Å². The molecule has 0 amide bonds. The lowest BCUT2D eigenvalue weighted by atomic mass is 9.96. The van der Waals surface area contributed by atoms with Crippen LogP contribution in [0.25, 0.3) is 0 Å². The molecule has 2 atom stereocenters. The molecule has 1 aliphatic rings. The molecule has 1 fully saturated rings. The molecule has 1 aromatic carbocycles. The molecule has 0 radical (unpaired) electrons. The second-order valence-electron chi connectivity index (χ2n) is 5.55. The summed E-state index contributed by atoms with van der Waals surface area (Å²) >= 11 is 5.69. The minimum absolute atomic E-state index is 0.0128. The molecule has 0 bridgehead atoms. The second kappa shape index (κ2) is 6.60. The molecule has 1 aliphatic heterocycles. The highest BCUT2D eigenvalue weighted by molar-refractivity contribution is 7.88. The molecule has 7 heteroatoms. The minimum atomic E-state index is -3.52. The highest BCUT2D eigenvalue weighted by atomic mass is 35.5. The van der Waals surface area contributed by atoms with Crippen LogP contribution in [0.5, 0.6) is 0 Å². The zero-order valence-electron chi connectivity index (χ0n) is 11.8. The van der Waals surface area contributed by atoms with Crippen molar-refractivity contribution < 1.29 is 17.9 Å². The molecule has 1 aromatic rings. The topological polar surface area (TPSA) is 57.6 Å². The van der Waals surface area contributed by atoms with Crippen molar-refractivity contribution >= 4 is 21.6 Å². The monoisotopic (exact) mass is 335 g/mol. The summed E-state index contributed by atoms with van der Waals surface area (Å²) in [5.74, 6) is -0.799. The molecule has 0 aromatic heterocycles. The fourth-order valence-corrected chi connectivity index (χ4v) is 4.67. The van der Waals surface area contributed by atoms with Crippen LogP contribution in [-0.2, 0) is 15.8 Å². The summed E-state index contributed by atoms with van der Waals surface area (Å²) in [5, 5.41) is 9.16. The van der Waals surface area contributed by atoms with Crippen molar-refractivity contribution in [2.24, 2.45) is 5.92 Å². The number of halogens is 2. The lowest BCUT2D eigenvalue weighted by molar-refractivity contribution is 0.139. The van der Waals surface area contributed by atoms with Gasteiger partial charge in [-0.3, -0.25) is 0 Å². The van der Waals surface area contributed by atoms with Gasteiger partial charge in [0.2, 0.25) is 10.0 Å². The van der Waals surface area contributed by atoms with Crippen LogP contribution in [0.4, 0.5) is 4.39 Å². The molecule has 1 N–H and O–H groups in total. The fraction of sp³-hybridized carbons (Fsp3) is 0.571. The molecular formula is C14H19ClFNO3S. The van der Waals surface area contributed by atoms with Crippen molar-refractivity contribution in [3.8, 4) is 0 Å². The molecular weight excluding hydrogens is 317 g/mol. The number of rotatable bonds is 4. The molecule has 1 heterocycles. The average molecular weight is 336 g/mol. The van der Waals surface area contributed by atoms with E-state index in [9.17, 15) is 17.9 Å². The van der Waals surface area contributed by atoms with Crippen LogP contribution in [0, 0.1) is 11.7 Å². The summed E-state index contributed by atoms with van der Waals surface area (Å²) in [6, 6.07) is 3.85. The maximum absolute atomic E-state index is 13.1. The molecule has 118 valence electrons. The van der Waals surface area contributed by atoms with E-state index >= 15 is 0 Å². The summed E-state index contributed by atoms with van der Waals surface area (Å²) in [6.07, 6.45) is 1.56. The standard InChI is InChI=1S/C14H19ClFNO3S/c1-10-2-3-12(8-18)7-17(10)21(19,20)9-11-4-5-14(16)13(15)6-11/h4-6,10,12,18H,2-3,7-9H2,1H3. The van der Waals surface area contributed by atoms with Crippen molar-refractivity contribution in [3.63, 3.8) is 0 Å². The smallest absolute Gasteiger partial charge is 0.218 e. The second-order valence-corrected chi connectivity index (χ2v) is 7.88. The van der Waals surface area contributed by atoms with E-state index in [0.29, 0.717) is 12.1 Å². The van der Waals surface area contributed by atoms with Crippen LogP contribution < -0.4 is 0 Å². The zero-order valence-corrected chi connectivity index (χ0v) is 13.4. The highest BCUT2D eigenvalue weighted by Gasteiger charge is 2.33. The minimum Gasteiger partial charge on any atom is -0.396 e. The highest BCUT2D eigenvalue weighted by Crippen LogP contribution is 2.26. The number of nitrogens with zero attached hydrogens (tertiary/aromatic N) is 1.